The van der Waals surface area contributed by atoms with Crippen LogP contribution >= 0.6 is 12.4 Å². The fourth-order valence-electron chi connectivity index (χ4n) is 6.27. The molecule has 1 N–H and O–H groups in total. The summed E-state index contributed by atoms with van der Waals surface area (Å²) in [6, 6.07) is 14.3. The maximum atomic E-state index is 13.7. The van der Waals surface area contributed by atoms with Crippen LogP contribution in [0.5, 0.6) is 5.88 Å². The minimum Gasteiger partial charge on any atom is -0.471 e. The number of nitrogens with one attached hydrogen (secondary N) is 1. The van der Waals surface area contributed by atoms with Crippen molar-refractivity contribution in [2.24, 2.45) is 5.41 Å². The number of ether oxygens (including phenoxy) is 1. The molecule has 6 bridgehead atoms. The third-order valence-corrected chi connectivity index (χ3v) is 9.88. The van der Waals surface area contributed by atoms with Crippen molar-refractivity contribution in [1.82, 2.24) is 19.8 Å². The number of rotatable bonds is 2. The third-order valence-electron chi connectivity index (χ3n) is 8.56. The van der Waals surface area contributed by atoms with Crippen molar-refractivity contribution < 1.29 is 17.9 Å². The molecule has 2 aliphatic heterocycles. The predicted molar refractivity (Wildman–Crippen MR) is 160 cm³/mol. The van der Waals surface area contributed by atoms with Gasteiger partial charge in [0.05, 0.1) is 17.1 Å². The molecule has 0 radical (unpaired) electrons. The van der Waals surface area contributed by atoms with E-state index in [-0.39, 0.29) is 46.6 Å². The van der Waals surface area contributed by atoms with Crippen LogP contribution in [-0.2, 0) is 10.0 Å². The Hall–Kier alpha value is -3.21. The zero-order chi connectivity index (χ0) is 28.2. The summed E-state index contributed by atoms with van der Waals surface area (Å²) in [7, 11) is -4.07. The van der Waals surface area contributed by atoms with E-state index in [0.717, 1.165) is 29.7 Å². The number of hydrogen-bond donors (Lipinski definition) is 1. The van der Waals surface area contributed by atoms with Gasteiger partial charge in [-0.3, -0.25) is 9.69 Å². The number of anilines is 1. The minimum absolute atomic E-state index is 0. The summed E-state index contributed by atoms with van der Waals surface area (Å²) < 4.78 is 35.9. The summed E-state index contributed by atoms with van der Waals surface area (Å²) in [6.07, 6.45) is 1.92. The van der Waals surface area contributed by atoms with E-state index in [0.29, 0.717) is 36.9 Å². The Kier molecular flexibility index (Phi) is 7.78. The molecule has 11 heteroatoms. The van der Waals surface area contributed by atoms with Gasteiger partial charge in [0.1, 0.15) is 6.10 Å². The van der Waals surface area contributed by atoms with Gasteiger partial charge in [-0.05, 0) is 61.4 Å². The van der Waals surface area contributed by atoms with Gasteiger partial charge < -0.3 is 9.64 Å². The highest BCUT2D eigenvalue weighted by Gasteiger charge is 2.44. The fraction of sp³-hybridized carbons (Fsp3) is 0.433. The molecule has 1 unspecified atom stereocenters. The van der Waals surface area contributed by atoms with E-state index in [1.54, 1.807) is 23.1 Å². The Morgan fingerprint density at radius 2 is 1.73 bits per heavy atom. The third kappa shape index (κ3) is 5.65. The second-order valence-electron chi connectivity index (χ2n) is 11.8. The number of benzene rings is 2. The number of hydrogen-bond acceptors (Lipinski definition) is 7. The first-order valence-electron chi connectivity index (χ1n) is 13.8. The van der Waals surface area contributed by atoms with Gasteiger partial charge in [-0.1, -0.05) is 38.1 Å². The number of aryl methyl sites for hydroxylation is 2. The lowest BCUT2D eigenvalue weighted by Crippen LogP contribution is -2.54. The molecule has 3 aliphatic rings. The second-order valence-corrected chi connectivity index (χ2v) is 13.5. The van der Waals surface area contributed by atoms with Crippen LogP contribution in [0.15, 0.2) is 53.4 Å². The van der Waals surface area contributed by atoms with Crippen molar-refractivity contribution in [2.75, 3.05) is 30.9 Å². The van der Waals surface area contributed by atoms with Crippen molar-refractivity contribution in [3.05, 3.63) is 65.2 Å². The van der Waals surface area contributed by atoms with E-state index < -0.39 is 10.0 Å². The number of carbonyl (C=O) groups excluding carboxylic acids is 1. The van der Waals surface area contributed by atoms with Gasteiger partial charge in [0, 0.05) is 42.9 Å². The smallest absolute Gasteiger partial charge is 0.264 e. The van der Waals surface area contributed by atoms with E-state index in [1.807, 2.05) is 32.0 Å². The summed E-state index contributed by atoms with van der Waals surface area (Å²) >= 11 is 0. The highest BCUT2D eigenvalue weighted by atomic mass is 35.5. The number of fused-ring (bicyclic) bond motifs is 6. The highest BCUT2D eigenvalue weighted by Crippen LogP contribution is 2.44. The SMILES string of the molecule is Cc1cccc(C)c1-c1cc2nc(n1)NS(=O)(=O)c1cccc(c1)C(=O)N1CCN(C3CCC3(C)C)C[C@H](C1)O2.Cl. The lowest BCUT2D eigenvalue weighted by atomic mass is 9.66. The standard InChI is InChI=1S/C30H35N5O4S.ClH/c1-19-7-5-8-20(2)27(19)24-16-26-32-29(31-24)33-40(37,38)23-10-6-9-21(15-23)28(36)35-14-13-34(17-22(18-35)39-26)25-11-12-30(25,3)4;/h5-10,15-16,22,25H,11-14,17-18H2,1-4H3,(H,31,32,33);1H/t22-,25?;/m1./s1. The molecule has 0 spiro atoms. The van der Waals surface area contributed by atoms with E-state index >= 15 is 0 Å². The molecule has 1 saturated carbocycles. The van der Waals surface area contributed by atoms with Crippen LogP contribution in [0.25, 0.3) is 11.3 Å². The number of aromatic nitrogens is 2. The maximum absolute atomic E-state index is 13.7. The molecule has 2 atom stereocenters. The van der Waals surface area contributed by atoms with E-state index in [9.17, 15) is 13.2 Å². The monoisotopic (exact) mass is 597 g/mol. The largest absolute Gasteiger partial charge is 0.471 e. The van der Waals surface area contributed by atoms with E-state index in [2.05, 4.69) is 33.4 Å². The molecule has 2 aromatic carbocycles. The van der Waals surface area contributed by atoms with Crippen LogP contribution in [0.2, 0.25) is 0 Å². The Bertz CT molecular complexity index is 1580. The lowest BCUT2D eigenvalue weighted by molar-refractivity contribution is -0.0115. The van der Waals surface area contributed by atoms with Crippen molar-refractivity contribution in [3.8, 4) is 17.1 Å². The van der Waals surface area contributed by atoms with Crippen LogP contribution in [0, 0.1) is 19.3 Å². The van der Waals surface area contributed by atoms with Crippen molar-refractivity contribution in [3.63, 3.8) is 0 Å². The number of sulfonamides is 1. The van der Waals surface area contributed by atoms with E-state index in [1.165, 1.54) is 18.6 Å². The lowest BCUT2D eigenvalue weighted by Gasteiger charge is -2.50. The minimum atomic E-state index is -4.07. The van der Waals surface area contributed by atoms with Crippen molar-refractivity contribution in [2.45, 2.75) is 57.6 Å². The maximum Gasteiger partial charge on any atom is 0.264 e. The zero-order valence-electron chi connectivity index (χ0n) is 23.8. The van der Waals surface area contributed by atoms with Gasteiger partial charge in [-0.15, -0.1) is 12.4 Å². The summed E-state index contributed by atoms with van der Waals surface area (Å²) in [5.41, 5.74) is 4.01. The highest BCUT2D eigenvalue weighted by molar-refractivity contribution is 7.92. The normalized spacial score (nSPS) is 23.2. The molecule has 218 valence electrons. The van der Waals surface area contributed by atoms with Crippen LogP contribution in [0.3, 0.4) is 0 Å². The van der Waals surface area contributed by atoms with Gasteiger partial charge in [0.2, 0.25) is 11.8 Å². The molecule has 1 aliphatic carbocycles. The van der Waals surface area contributed by atoms with Crippen molar-refractivity contribution >= 4 is 34.3 Å². The molecule has 1 saturated heterocycles. The molecule has 3 aromatic rings. The van der Waals surface area contributed by atoms with Crippen molar-refractivity contribution in [1.29, 1.82) is 0 Å². The summed E-state index contributed by atoms with van der Waals surface area (Å²) in [5.74, 6) is -0.0225. The van der Waals surface area contributed by atoms with Gasteiger partial charge in [0.15, 0.2) is 0 Å². The van der Waals surface area contributed by atoms with Crippen LogP contribution < -0.4 is 9.46 Å². The average Bonchev–Trinajstić information content (AvgIpc) is 3.09. The van der Waals surface area contributed by atoms with Crippen LogP contribution in [0.1, 0.15) is 48.2 Å². The predicted octanol–water partition coefficient (Wildman–Crippen LogP) is 4.69. The van der Waals surface area contributed by atoms with Gasteiger partial charge >= 0.3 is 0 Å². The average molecular weight is 598 g/mol. The first-order chi connectivity index (χ1) is 19.0. The van der Waals surface area contributed by atoms with E-state index in [4.69, 9.17) is 4.74 Å². The topological polar surface area (TPSA) is 105 Å². The van der Waals surface area contributed by atoms with Crippen LogP contribution in [0.4, 0.5) is 5.95 Å². The molecule has 1 aromatic heterocycles. The number of amides is 1. The molecule has 9 nitrogen and oxygen atoms in total. The van der Waals surface area contributed by atoms with Gasteiger partial charge in [0.25, 0.3) is 15.9 Å². The number of carbonyl (C=O) groups is 1. The molecule has 6 rings (SSSR count). The summed E-state index contributed by atoms with van der Waals surface area (Å²) in [4.78, 5) is 27.0. The number of nitrogens with zero attached hydrogens (tertiary/aromatic N) is 4. The molecular weight excluding hydrogens is 562 g/mol. The summed E-state index contributed by atoms with van der Waals surface area (Å²) in [6.45, 7) is 10.8. The summed E-state index contributed by atoms with van der Waals surface area (Å²) in [5, 5.41) is 0. The molecule has 2 fully saturated rings. The molecule has 41 heavy (non-hydrogen) atoms. The Morgan fingerprint density at radius 3 is 2.41 bits per heavy atom. The molecule has 1 amide bonds. The molecule has 3 heterocycles. The molecular formula is C30H36ClN5O4S. The first kappa shape index (κ1) is 29.3. The Balaban J connectivity index is 0.00000337. The quantitative estimate of drug-likeness (QED) is 0.457. The first-order valence-corrected chi connectivity index (χ1v) is 15.3. The fourth-order valence-corrected chi connectivity index (χ4v) is 7.26. The van der Waals surface area contributed by atoms with Gasteiger partial charge in [-0.2, -0.15) is 4.98 Å². The zero-order valence-corrected chi connectivity index (χ0v) is 25.4. The van der Waals surface area contributed by atoms with Crippen LogP contribution in [-0.4, -0.2) is 72.4 Å². The Labute approximate surface area is 247 Å². The second kappa shape index (κ2) is 10.9. The van der Waals surface area contributed by atoms with Gasteiger partial charge in [-0.25, -0.2) is 18.1 Å². The Morgan fingerprint density at radius 1 is 1.00 bits per heavy atom. The number of halogens is 1.